The van der Waals surface area contributed by atoms with E-state index in [2.05, 4.69) is 68.9 Å². The molecule has 2 N–H and O–H groups in total. The minimum Gasteiger partial charge on any atom is -0.369 e. The summed E-state index contributed by atoms with van der Waals surface area (Å²) in [6.45, 7) is 6.36. The van der Waals surface area contributed by atoms with E-state index in [1.165, 1.54) is 5.69 Å². The van der Waals surface area contributed by atoms with Crippen molar-refractivity contribution in [1.82, 2.24) is 15.1 Å². The van der Waals surface area contributed by atoms with Crippen LogP contribution in [0.1, 0.15) is 26.2 Å². The van der Waals surface area contributed by atoms with Crippen molar-refractivity contribution in [1.29, 1.82) is 0 Å². The Morgan fingerprint density at radius 2 is 1.67 bits per heavy atom. The predicted molar refractivity (Wildman–Crippen MR) is 110 cm³/mol. The zero-order valence-electron chi connectivity index (χ0n) is 16.1. The average molecular weight is 368 g/mol. The van der Waals surface area contributed by atoms with Crippen LogP contribution < -0.4 is 15.5 Å². The zero-order chi connectivity index (χ0) is 19.1. The third-order valence-corrected chi connectivity index (χ3v) is 4.70. The highest BCUT2D eigenvalue weighted by atomic mass is 16.1. The Kier molecular flexibility index (Phi) is 6.59. The number of anilines is 4. The maximum atomic E-state index is 11.7. The number of unbranched alkanes of at least 4 members (excludes halogenated alkanes) is 1. The summed E-state index contributed by atoms with van der Waals surface area (Å²) in [6.07, 6.45) is 2.39. The summed E-state index contributed by atoms with van der Waals surface area (Å²) in [5.41, 5.74) is 2.20. The molecule has 1 aromatic heterocycles. The number of amides is 1. The molecule has 2 aromatic rings. The minimum absolute atomic E-state index is 0.0219. The molecule has 0 spiro atoms. The Balaban J connectivity index is 1.53. The van der Waals surface area contributed by atoms with Gasteiger partial charge in [-0.2, -0.15) is 0 Å². The lowest BCUT2D eigenvalue weighted by atomic mass is 10.2. The molecule has 2 heterocycles. The van der Waals surface area contributed by atoms with E-state index in [4.69, 9.17) is 0 Å². The SMILES string of the molecule is CCCCC(=O)Nc1ccc(Nc2ccc(N3CCN(C)CC3)cc2)nn1. The molecule has 0 bridgehead atoms. The summed E-state index contributed by atoms with van der Waals surface area (Å²) in [4.78, 5) is 16.5. The molecule has 0 aliphatic carbocycles. The van der Waals surface area contributed by atoms with E-state index in [-0.39, 0.29) is 5.91 Å². The quantitative estimate of drug-likeness (QED) is 0.782. The number of benzene rings is 1. The summed E-state index contributed by atoms with van der Waals surface area (Å²) >= 11 is 0. The molecule has 144 valence electrons. The van der Waals surface area contributed by atoms with Crippen molar-refractivity contribution < 1.29 is 4.79 Å². The summed E-state index contributed by atoms with van der Waals surface area (Å²) in [5, 5.41) is 14.2. The van der Waals surface area contributed by atoms with Crippen molar-refractivity contribution in [2.45, 2.75) is 26.2 Å². The van der Waals surface area contributed by atoms with Crippen molar-refractivity contribution in [2.75, 3.05) is 48.8 Å². The number of nitrogens with zero attached hydrogens (tertiary/aromatic N) is 4. The van der Waals surface area contributed by atoms with Crippen LogP contribution in [0.5, 0.6) is 0 Å². The normalized spacial score (nSPS) is 14.8. The first-order chi connectivity index (χ1) is 13.1. The largest absolute Gasteiger partial charge is 0.369 e. The molecule has 3 rings (SSSR count). The van der Waals surface area contributed by atoms with Gasteiger partial charge in [0, 0.05) is 44.0 Å². The van der Waals surface area contributed by atoms with Crippen molar-refractivity contribution in [2.24, 2.45) is 0 Å². The lowest BCUT2D eigenvalue weighted by Crippen LogP contribution is -2.44. The number of piperazine rings is 1. The van der Waals surface area contributed by atoms with Gasteiger partial charge in [0.15, 0.2) is 11.6 Å². The van der Waals surface area contributed by atoms with Crippen LogP contribution in [-0.2, 0) is 4.79 Å². The van der Waals surface area contributed by atoms with Crippen LogP contribution in [0.4, 0.5) is 23.0 Å². The van der Waals surface area contributed by atoms with Gasteiger partial charge in [-0.1, -0.05) is 13.3 Å². The maximum Gasteiger partial charge on any atom is 0.225 e. The summed E-state index contributed by atoms with van der Waals surface area (Å²) in [5.74, 6) is 1.10. The minimum atomic E-state index is -0.0219. The fourth-order valence-electron chi connectivity index (χ4n) is 2.98. The Labute approximate surface area is 160 Å². The van der Waals surface area contributed by atoms with E-state index >= 15 is 0 Å². The maximum absolute atomic E-state index is 11.7. The third kappa shape index (κ3) is 5.65. The molecule has 1 aromatic carbocycles. The highest BCUT2D eigenvalue weighted by Gasteiger charge is 2.14. The molecular weight excluding hydrogens is 340 g/mol. The second-order valence-electron chi connectivity index (χ2n) is 6.92. The average Bonchev–Trinajstić information content (AvgIpc) is 2.69. The van der Waals surface area contributed by atoms with Crippen LogP contribution in [0.2, 0.25) is 0 Å². The molecule has 1 amide bonds. The van der Waals surface area contributed by atoms with Gasteiger partial charge in [-0.25, -0.2) is 0 Å². The van der Waals surface area contributed by atoms with E-state index in [9.17, 15) is 4.79 Å². The molecule has 0 unspecified atom stereocenters. The van der Waals surface area contributed by atoms with E-state index in [0.717, 1.165) is 44.7 Å². The van der Waals surface area contributed by atoms with Crippen LogP contribution in [-0.4, -0.2) is 54.2 Å². The van der Waals surface area contributed by atoms with Gasteiger partial charge in [0.2, 0.25) is 5.91 Å². The first kappa shape index (κ1) is 19.1. The number of carbonyl (C=O) groups excluding carboxylic acids is 1. The second kappa shape index (κ2) is 9.32. The third-order valence-electron chi connectivity index (χ3n) is 4.70. The Morgan fingerprint density at radius 3 is 2.30 bits per heavy atom. The van der Waals surface area contributed by atoms with E-state index in [1.54, 1.807) is 6.07 Å². The first-order valence-corrected chi connectivity index (χ1v) is 9.58. The fraction of sp³-hybridized carbons (Fsp3) is 0.450. The zero-order valence-corrected chi connectivity index (χ0v) is 16.1. The number of hydrogen-bond acceptors (Lipinski definition) is 6. The molecule has 1 fully saturated rings. The summed E-state index contributed by atoms with van der Waals surface area (Å²) in [6, 6.07) is 11.9. The topological polar surface area (TPSA) is 73.4 Å². The lowest BCUT2D eigenvalue weighted by molar-refractivity contribution is -0.116. The molecule has 0 saturated carbocycles. The number of aromatic nitrogens is 2. The van der Waals surface area contributed by atoms with Crippen LogP contribution in [0.25, 0.3) is 0 Å². The summed E-state index contributed by atoms with van der Waals surface area (Å²) < 4.78 is 0. The first-order valence-electron chi connectivity index (χ1n) is 9.58. The van der Waals surface area contributed by atoms with Gasteiger partial charge in [-0.15, -0.1) is 10.2 Å². The number of nitrogens with one attached hydrogen (secondary N) is 2. The highest BCUT2D eigenvalue weighted by Crippen LogP contribution is 2.21. The fourth-order valence-corrected chi connectivity index (χ4v) is 2.98. The number of hydrogen-bond donors (Lipinski definition) is 2. The van der Waals surface area contributed by atoms with E-state index in [1.807, 2.05) is 6.07 Å². The molecule has 0 atom stereocenters. The molecule has 1 aliphatic rings. The number of rotatable bonds is 7. The van der Waals surface area contributed by atoms with Crippen LogP contribution in [0.15, 0.2) is 36.4 Å². The Bertz CT molecular complexity index is 723. The Morgan fingerprint density at radius 1 is 1.00 bits per heavy atom. The van der Waals surface area contributed by atoms with Gasteiger partial charge in [-0.05, 0) is 49.9 Å². The molecular formula is C20H28N6O. The number of likely N-dealkylation sites (N-methyl/N-ethyl adjacent to an activating group) is 1. The molecule has 7 heteroatoms. The van der Waals surface area contributed by atoms with Gasteiger partial charge < -0.3 is 20.4 Å². The Hall–Kier alpha value is -2.67. The van der Waals surface area contributed by atoms with Crippen molar-refractivity contribution >= 4 is 28.9 Å². The van der Waals surface area contributed by atoms with Crippen molar-refractivity contribution in [3.63, 3.8) is 0 Å². The second-order valence-corrected chi connectivity index (χ2v) is 6.92. The smallest absolute Gasteiger partial charge is 0.225 e. The van der Waals surface area contributed by atoms with Crippen LogP contribution >= 0.6 is 0 Å². The van der Waals surface area contributed by atoms with Gasteiger partial charge >= 0.3 is 0 Å². The van der Waals surface area contributed by atoms with Gasteiger partial charge in [0.1, 0.15) is 0 Å². The molecule has 1 saturated heterocycles. The van der Waals surface area contributed by atoms with Gasteiger partial charge in [0.05, 0.1) is 0 Å². The van der Waals surface area contributed by atoms with Gasteiger partial charge in [0.25, 0.3) is 0 Å². The van der Waals surface area contributed by atoms with E-state index < -0.39 is 0 Å². The monoisotopic (exact) mass is 368 g/mol. The van der Waals surface area contributed by atoms with Crippen LogP contribution in [0.3, 0.4) is 0 Å². The predicted octanol–water partition coefficient (Wildman–Crippen LogP) is 3.10. The molecule has 27 heavy (non-hydrogen) atoms. The lowest BCUT2D eigenvalue weighted by Gasteiger charge is -2.34. The highest BCUT2D eigenvalue weighted by molar-refractivity contribution is 5.89. The van der Waals surface area contributed by atoms with Crippen LogP contribution in [0, 0.1) is 0 Å². The molecule has 7 nitrogen and oxygen atoms in total. The number of carbonyl (C=O) groups is 1. The molecule has 1 aliphatic heterocycles. The van der Waals surface area contributed by atoms with Crippen molar-refractivity contribution in [3.8, 4) is 0 Å². The molecule has 0 radical (unpaired) electrons. The summed E-state index contributed by atoms with van der Waals surface area (Å²) in [7, 11) is 2.16. The van der Waals surface area contributed by atoms with E-state index in [0.29, 0.717) is 18.1 Å². The van der Waals surface area contributed by atoms with Gasteiger partial charge in [-0.3, -0.25) is 4.79 Å². The van der Waals surface area contributed by atoms with Crippen molar-refractivity contribution in [3.05, 3.63) is 36.4 Å². The standard InChI is InChI=1S/C20H28N6O/c1-3-4-5-20(27)22-19-11-10-18(23-24-19)21-16-6-8-17(9-7-16)26-14-12-25(2)13-15-26/h6-11H,3-5,12-15H2,1-2H3,(H,21,23)(H,22,24,27).